The predicted octanol–water partition coefficient (Wildman–Crippen LogP) is 6.55. The maximum atomic E-state index is 13.6. The molecule has 0 radical (unpaired) electrons. The zero-order valence-electron chi connectivity index (χ0n) is 19.4. The lowest BCUT2D eigenvalue weighted by atomic mass is 9.72. The van der Waals surface area contributed by atoms with Gasteiger partial charge < -0.3 is 10.1 Å². The molecule has 0 fully saturated rings. The summed E-state index contributed by atoms with van der Waals surface area (Å²) in [6, 6.07) is 21.4. The van der Waals surface area contributed by atoms with Crippen LogP contribution in [0.15, 0.2) is 94.7 Å². The van der Waals surface area contributed by atoms with Crippen LogP contribution in [0.5, 0.6) is 0 Å². The molecule has 35 heavy (non-hydrogen) atoms. The van der Waals surface area contributed by atoms with E-state index in [0.717, 1.165) is 28.9 Å². The van der Waals surface area contributed by atoms with E-state index in [2.05, 4.69) is 11.4 Å². The topological polar surface area (TPSA) is 55.4 Å². The number of benzene rings is 2. The average Bonchev–Trinajstić information content (AvgIpc) is 3.39. The first-order valence-corrected chi connectivity index (χ1v) is 13.0. The molecule has 1 aliphatic heterocycles. The minimum atomic E-state index is -0.482. The van der Waals surface area contributed by atoms with E-state index in [1.807, 2.05) is 60.8 Å². The maximum Gasteiger partial charge on any atom is 0.336 e. The van der Waals surface area contributed by atoms with E-state index in [1.165, 1.54) is 4.88 Å². The summed E-state index contributed by atoms with van der Waals surface area (Å²) in [6.45, 7) is 2.16. The summed E-state index contributed by atoms with van der Waals surface area (Å²) in [4.78, 5) is 28.2. The normalized spacial score (nSPS) is 19.9. The van der Waals surface area contributed by atoms with Gasteiger partial charge in [-0.15, -0.1) is 11.3 Å². The van der Waals surface area contributed by atoms with Gasteiger partial charge in [0, 0.05) is 51.5 Å². The van der Waals surface area contributed by atoms with Crippen LogP contribution in [0.1, 0.15) is 47.6 Å². The maximum absolute atomic E-state index is 13.6. The van der Waals surface area contributed by atoms with Crippen LogP contribution in [0.2, 0.25) is 5.02 Å². The first kappa shape index (κ1) is 23.6. The lowest BCUT2D eigenvalue weighted by Crippen LogP contribution is -2.36. The fraction of sp³-hybridized carbons (Fsp3) is 0.241. The lowest BCUT2D eigenvalue weighted by molar-refractivity contribution is -0.139. The number of carbonyl (C=O) groups excluding carboxylic acids is 2. The van der Waals surface area contributed by atoms with Gasteiger partial charge in [0.25, 0.3) is 0 Å². The number of Topliss-reactive ketones (excluding diaryl/α,β-unsaturated/α-hetero) is 1. The van der Waals surface area contributed by atoms with Gasteiger partial charge in [0.15, 0.2) is 5.78 Å². The van der Waals surface area contributed by atoms with Crippen molar-refractivity contribution in [1.29, 1.82) is 0 Å². The molecule has 5 rings (SSSR count). The van der Waals surface area contributed by atoms with Gasteiger partial charge in [-0.3, -0.25) is 4.79 Å². The van der Waals surface area contributed by atoms with E-state index in [9.17, 15) is 9.59 Å². The second-order valence-electron chi connectivity index (χ2n) is 8.96. The molecule has 0 bridgehead atoms. The van der Waals surface area contributed by atoms with E-state index >= 15 is 0 Å². The van der Waals surface area contributed by atoms with Crippen LogP contribution in [0, 0.1) is 0 Å². The van der Waals surface area contributed by atoms with Crippen LogP contribution < -0.4 is 5.32 Å². The molecule has 4 nitrogen and oxygen atoms in total. The Morgan fingerprint density at radius 1 is 1.06 bits per heavy atom. The molecule has 0 saturated heterocycles. The van der Waals surface area contributed by atoms with Crippen LogP contribution in [-0.4, -0.2) is 18.4 Å². The smallest absolute Gasteiger partial charge is 0.336 e. The van der Waals surface area contributed by atoms with E-state index in [4.69, 9.17) is 16.3 Å². The molecule has 6 heteroatoms. The third kappa shape index (κ3) is 4.97. The Morgan fingerprint density at radius 3 is 2.54 bits per heavy atom. The zero-order chi connectivity index (χ0) is 24.4. The fourth-order valence-corrected chi connectivity index (χ4v) is 5.96. The Kier molecular flexibility index (Phi) is 6.89. The standard InChI is InChI=1S/C29H26ClNO3S/c1-18-26(29(33)34-14-13-19-6-3-2-4-7-19)27(20-9-11-22(30)12-10-20)28-23(31-18)16-21(17-24(28)32)25-8-5-15-35-25/h2-12,15,21,27,31H,13-14,16-17H2,1H3/t21-,27-/m0/s1. The van der Waals surface area contributed by atoms with Crippen molar-refractivity contribution in [2.24, 2.45) is 0 Å². The van der Waals surface area contributed by atoms with E-state index in [1.54, 1.807) is 23.5 Å². The molecular weight excluding hydrogens is 478 g/mol. The number of dihydropyridines is 1. The van der Waals surface area contributed by atoms with E-state index < -0.39 is 11.9 Å². The van der Waals surface area contributed by atoms with Gasteiger partial charge in [-0.05, 0) is 48.1 Å². The summed E-state index contributed by atoms with van der Waals surface area (Å²) < 4.78 is 5.73. The minimum Gasteiger partial charge on any atom is -0.462 e. The summed E-state index contributed by atoms with van der Waals surface area (Å²) >= 11 is 7.83. The molecule has 2 aliphatic rings. The van der Waals surface area contributed by atoms with Crippen LogP contribution in [0.4, 0.5) is 0 Å². The first-order valence-electron chi connectivity index (χ1n) is 11.7. The minimum absolute atomic E-state index is 0.0687. The van der Waals surface area contributed by atoms with E-state index in [0.29, 0.717) is 29.0 Å². The number of hydrogen-bond acceptors (Lipinski definition) is 5. The molecule has 2 heterocycles. The Labute approximate surface area is 214 Å². The van der Waals surface area contributed by atoms with Crippen molar-refractivity contribution < 1.29 is 14.3 Å². The second kappa shape index (κ2) is 10.2. The number of halogens is 1. The highest BCUT2D eigenvalue weighted by Gasteiger charge is 2.41. The van der Waals surface area contributed by atoms with Crippen molar-refractivity contribution in [3.05, 3.63) is 116 Å². The highest BCUT2D eigenvalue weighted by atomic mass is 35.5. The van der Waals surface area contributed by atoms with Crippen molar-refractivity contribution in [1.82, 2.24) is 5.32 Å². The van der Waals surface area contributed by atoms with Crippen molar-refractivity contribution >= 4 is 34.7 Å². The molecule has 3 aromatic rings. The van der Waals surface area contributed by atoms with Gasteiger partial charge in [-0.2, -0.15) is 0 Å². The molecule has 0 saturated carbocycles. The van der Waals surface area contributed by atoms with Gasteiger partial charge >= 0.3 is 5.97 Å². The molecule has 1 N–H and O–H groups in total. The SMILES string of the molecule is CC1=C(C(=O)OCCc2ccccc2)[C@H](c2ccc(Cl)cc2)C2=C(C[C@H](c3cccs3)CC2=O)N1. The number of ketones is 1. The quantitative estimate of drug-likeness (QED) is 0.387. The summed E-state index contributed by atoms with van der Waals surface area (Å²) in [7, 11) is 0. The van der Waals surface area contributed by atoms with Gasteiger partial charge in [0.2, 0.25) is 0 Å². The highest BCUT2D eigenvalue weighted by Crippen LogP contribution is 2.46. The molecule has 1 aliphatic carbocycles. The number of allylic oxidation sites excluding steroid dienone is 3. The number of carbonyl (C=O) groups is 2. The van der Waals surface area contributed by atoms with Crippen LogP contribution >= 0.6 is 22.9 Å². The molecule has 178 valence electrons. The van der Waals surface area contributed by atoms with Crippen LogP contribution in [-0.2, 0) is 20.7 Å². The fourth-order valence-electron chi connectivity index (χ4n) is 5.01. The number of hydrogen-bond donors (Lipinski definition) is 1. The molecule has 2 aromatic carbocycles. The van der Waals surface area contributed by atoms with Gasteiger partial charge in [-0.1, -0.05) is 60.1 Å². The zero-order valence-corrected chi connectivity index (χ0v) is 21.0. The third-order valence-electron chi connectivity index (χ3n) is 6.66. The molecule has 2 atom stereocenters. The summed E-state index contributed by atoms with van der Waals surface area (Å²) in [5, 5.41) is 6.06. The van der Waals surface area contributed by atoms with Crippen molar-refractivity contribution in [2.75, 3.05) is 6.61 Å². The Balaban J connectivity index is 1.46. The lowest BCUT2D eigenvalue weighted by Gasteiger charge is -2.36. The second-order valence-corrected chi connectivity index (χ2v) is 10.4. The predicted molar refractivity (Wildman–Crippen MR) is 139 cm³/mol. The summed E-state index contributed by atoms with van der Waals surface area (Å²) in [6.07, 6.45) is 1.80. The number of rotatable bonds is 6. The van der Waals surface area contributed by atoms with Crippen LogP contribution in [0.3, 0.4) is 0 Å². The Hall–Kier alpha value is -3.15. The van der Waals surface area contributed by atoms with Gasteiger partial charge in [0.05, 0.1) is 12.2 Å². The Bertz CT molecular complexity index is 1290. The van der Waals surface area contributed by atoms with Crippen molar-refractivity contribution in [3.8, 4) is 0 Å². The Morgan fingerprint density at radius 2 is 1.83 bits per heavy atom. The number of ether oxygens (including phenoxy) is 1. The molecule has 0 amide bonds. The summed E-state index contributed by atoms with van der Waals surface area (Å²) in [5.41, 5.74) is 4.75. The van der Waals surface area contributed by atoms with Gasteiger partial charge in [-0.25, -0.2) is 4.79 Å². The molecular formula is C29H26ClNO3S. The number of nitrogens with one attached hydrogen (secondary N) is 1. The molecule has 1 aromatic heterocycles. The van der Waals surface area contributed by atoms with Crippen molar-refractivity contribution in [3.63, 3.8) is 0 Å². The monoisotopic (exact) mass is 503 g/mol. The number of thiophene rings is 1. The van der Waals surface area contributed by atoms with Gasteiger partial charge in [0.1, 0.15) is 0 Å². The van der Waals surface area contributed by atoms with Crippen molar-refractivity contribution in [2.45, 2.75) is 38.0 Å². The highest BCUT2D eigenvalue weighted by molar-refractivity contribution is 7.10. The van der Waals surface area contributed by atoms with Crippen LogP contribution in [0.25, 0.3) is 0 Å². The average molecular weight is 504 g/mol. The molecule has 0 spiro atoms. The molecule has 0 unspecified atom stereocenters. The first-order chi connectivity index (χ1) is 17.0. The summed E-state index contributed by atoms with van der Waals surface area (Å²) in [5.74, 6) is -0.666. The third-order valence-corrected chi connectivity index (χ3v) is 7.95. The number of esters is 1. The van der Waals surface area contributed by atoms with E-state index in [-0.39, 0.29) is 18.3 Å². The largest absolute Gasteiger partial charge is 0.462 e.